The van der Waals surface area contributed by atoms with Crippen molar-refractivity contribution in [2.24, 2.45) is 0 Å². The molecule has 23 heavy (non-hydrogen) atoms. The number of aryl methyl sites for hydroxylation is 2. The number of hydrogen-bond donors (Lipinski definition) is 2. The number of amides is 1. The zero-order valence-corrected chi connectivity index (χ0v) is 13.8. The number of carbonyl (C=O) groups excluding carboxylic acids is 1. The van der Waals surface area contributed by atoms with E-state index in [4.69, 9.17) is 4.42 Å². The molecule has 1 saturated heterocycles. The number of furan rings is 1. The molecule has 1 aliphatic rings. The summed E-state index contributed by atoms with van der Waals surface area (Å²) < 4.78 is 5.81. The summed E-state index contributed by atoms with van der Waals surface area (Å²) in [5.41, 5.74) is 1.50. The number of nitrogens with zero attached hydrogens (tertiary/aromatic N) is 2. The first kappa shape index (κ1) is 15.8. The van der Waals surface area contributed by atoms with Crippen molar-refractivity contribution in [1.82, 2.24) is 20.4 Å². The summed E-state index contributed by atoms with van der Waals surface area (Å²) in [5, 5.41) is 9.88. The molecule has 0 aromatic carbocycles. The molecular weight excluding hydrogens is 292 g/mol. The van der Waals surface area contributed by atoms with Gasteiger partial charge in [0.25, 0.3) is 5.91 Å². The van der Waals surface area contributed by atoms with Crippen LogP contribution in [0, 0.1) is 6.92 Å². The van der Waals surface area contributed by atoms with E-state index in [1.165, 1.54) is 12.8 Å². The highest BCUT2D eigenvalue weighted by molar-refractivity contribution is 5.95. The molecule has 1 atom stereocenters. The molecule has 1 unspecified atom stereocenters. The molecule has 1 aliphatic heterocycles. The average molecular weight is 316 g/mol. The lowest BCUT2D eigenvalue weighted by Crippen LogP contribution is -2.36. The highest BCUT2D eigenvalue weighted by Gasteiger charge is 2.26. The smallest absolute Gasteiger partial charge is 0.254 e. The number of aromatic nitrogens is 2. The molecule has 3 rings (SSSR count). The highest BCUT2D eigenvalue weighted by atomic mass is 16.3. The minimum Gasteiger partial charge on any atom is -0.465 e. The number of rotatable bonds is 6. The van der Waals surface area contributed by atoms with Gasteiger partial charge in [0, 0.05) is 12.2 Å². The molecule has 0 aliphatic carbocycles. The summed E-state index contributed by atoms with van der Waals surface area (Å²) in [6.45, 7) is 6.59. The van der Waals surface area contributed by atoms with Crippen LogP contribution in [-0.4, -0.2) is 40.6 Å². The van der Waals surface area contributed by atoms with Crippen molar-refractivity contribution in [3.05, 3.63) is 41.1 Å². The normalized spacial score (nSPS) is 16.6. The fourth-order valence-corrected chi connectivity index (χ4v) is 3.16. The largest absolute Gasteiger partial charge is 0.465 e. The van der Waals surface area contributed by atoms with Crippen molar-refractivity contribution in [3.8, 4) is 0 Å². The number of nitrogens with one attached hydrogen (secondary N) is 2. The van der Waals surface area contributed by atoms with Crippen LogP contribution in [0.2, 0.25) is 0 Å². The third-order valence-electron chi connectivity index (χ3n) is 4.44. The summed E-state index contributed by atoms with van der Waals surface area (Å²) in [7, 11) is 0. The third-order valence-corrected chi connectivity index (χ3v) is 4.44. The van der Waals surface area contributed by atoms with Crippen LogP contribution in [0.3, 0.4) is 0 Å². The van der Waals surface area contributed by atoms with Crippen LogP contribution in [0.4, 0.5) is 0 Å². The Hall–Kier alpha value is -2.08. The maximum Gasteiger partial charge on any atom is 0.254 e. The van der Waals surface area contributed by atoms with Gasteiger partial charge in [-0.25, -0.2) is 0 Å². The minimum atomic E-state index is -0.0805. The second-order valence-electron chi connectivity index (χ2n) is 6.03. The Morgan fingerprint density at radius 2 is 2.22 bits per heavy atom. The average Bonchev–Trinajstić information content (AvgIpc) is 3.28. The fraction of sp³-hybridized carbons (Fsp3) is 0.529. The fourth-order valence-electron chi connectivity index (χ4n) is 3.16. The van der Waals surface area contributed by atoms with Gasteiger partial charge in [0.05, 0.1) is 17.8 Å². The van der Waals surface area contributed by atoms with Crippen LogP contribution in [-0.2, 0) is 6.42 Å². The van der Waals surface area contributed by atoms with Crippen LogP contribution in [0.25, 0.3) is 0 Å². The Morgan fingerprint density at radius 1 is 1.43 bits per heavy atom. The molecule has 6 nitrogen and oxygen atoms in total. The Kier molecular flexibility index (Phi) is 4.81. The van der Waals surface area contributed by atoms with Gasteiger partial charge in [-0.3, -0.25) is 14.8 Å². The van der Waals surface area contributed by atoms with E-state index >= 15 is 0 Å². The molecular formula is C17H24N4O2. The first-order valence-electron chi connectivity index (χ1n) is 8.30. The first-order chi connectivity index (χ1) is 11.2. The summed E-state index contributed by atoms with van der Waals surface area (Å²) in [6.07, 6.45) is 4.75. The van der Waals surface area contributed by atoms with Gasteiger partial charge in [-0.05, 0) is 51.4 Å². The lowest BCUT2D eigenvalue weighted by molar-refractivity contribution is 0.0933. The van der Waals surface area contributed by atoms with Gasteiger partial charge in [-0.1, -0.05) is 6.92 Å². The molecule has 6 heteroatoms. The molecule has 0 radical (unpaired) electrons. The van der Waals surface area contributed by atoms with Gasteiger partial charge in [0.2, 0.25) is 0 Å². The van der Waals surface area contributed by atoms with Gasteiger partial charge < -0.3 is 9.73 Å². The predicted molar refractivity (Wildman–Crippen MR) is 87.3 cm³/mol. The van der Waals surface area contributed by atoms with E-state index < -0.39 is 0 Å². The van der Waals surface area contributed by atoms with E-state index in [0.717, 1.165) is 36.7 Å². The number of likely N-dealkylation sites (tertiary alicyclic amines) is 1. The summed E-state index contributed by atoms with van der Waals surface area (Å²) in [6, 6.07) is 4.08. The van der Waals surface area contributed by atoms with Gasteiger partial charge in [0.15, 0.2) is 0 Å². The van der Waals surface area contributed by atoms with E-state index in [1.54, 1.807) is 6.20 Å². The Morgan fingerprint density at radius 3 is 2.87 bits per heavy atom. The van der Waals surface area contributed by atoms with Crippen molar-refractivity contribution < 1.29 is 9.21 Å². The first-order valence-corrected chi connectivity index (χ1v) is 8.30. The molecule has 0 spiro atoms. The number of H-pyrrole nitrogens is 1. The van der Waals surface area contributed by atoms with Crippen molar-refractivity contribution in [2.45, 2.75) is 39.2 Å². The molecule has 0 bridgehead atoms. The molecule has 2 aromatic rings. The number of carbonyl (C=O) groups is 1. The Bertz CT molecular complexity index is 655. The minimum absolute atomic E-state index is 0.0805. The van der Waals surface area contributed by atoms with Gasteiger partial charge in [0.1, 0.15) is 11.5 Å². The second-order valence-corrected chi connectivity index (χ2v) is 6.03. The van der Waals surface area contributed by atoms with E-state index in [-0.39, 0.29) is 11.9 Å². The lowest BCUT2D eigenvalue weighted by atomic mass is 10.1. The van der Waals surface area contributed by atoms with Crippen molar-refractivity contribution in [3.63, 3.8) is 0 Å². The van der Waals surface area contributed by atoms with Crippen molar-refractivity contribution in [2.75, 3.05) is 19.6 Å². The Labute approximate surface area is 136 Å². The van der Waals surface area contributed by atoms with Gasteiger partial charge in [-0.2, -0.15) is 5.10 Å². The van der Waals surface area contributed by atoms with Crippen LogP contribution in [0.5, 0.6) is 0 Å². The quantitative estimate of drug-likeness (QED) is 0.858. The summed E-state index contributed by atoms with van der Waals surface area (Å²) in [5.74, 6) is 1.74. The van der Waals surface area contributed by atoms with E-state index in [2.05, 4.69) is 20.4 Å². The number of hydrogen-bond acceptors (Lipinski definition) is 4. The van der Waals surface area contributed by atoms with Crippen LogP contribution < -0.4 is 5.32 Å². The van der Waals surface area contributed by atoms with Gasteiger partial charge in [-0.15, -0.1) is 0 Å². The summed E-state index contributed by atoms with van der Waals surface area (Å²) >= 11 is 0. The zero-order valence-electron chi connectivity index (χ0n) is 13.8. The molecule has 3 heterocycles. The van der Waals surface area contributed by atoms with E-state index in [9.17, 15) is 4.79 Å². The van der Waals surface area contributed by atoms with E-state index in [0.29, 0.717) is 12.1 Å². The lowest BCUT2D eigenvalue weighted by Gasteiger charge is -2.26. The number of aromatic amines is 1. The van der Waals surface area contributed by atoms with Crippen LogP contribution >= 0.6 is 0 Å². The topological polar surface area (TPSA) is 74.2 Å². The van der Waals surface area contributed by atoms with Crippen molar-refractivity contribution in [1.29, 1.82) is 0 Å². The van der Waals surface area contributed by atoms with Crippen LogP contribution in [0.15, 0.2) is 22.7 Å². The zero-order chi connectivity index (χ0) is 16.2. The maximum absolute atomic E-state index is 12.4. The van der Waals surface area contributed by atoms with Crippen molar-refractivity contribution >= 4 is 5.91 Å². The molecule has 2 aromatic heterocycles. The molecule has 1 fully saturated rings. The van der Waals surface area contributed by atoms with E-state index in [1.807, 2.05) is 26.0 Å². The molecule has 1 amide bonds. The van der Waals surface area contributed by atoms with Gasteiger partial charge >= 0.3 is 0 Å². The Balaban J connectivity index is 1.70. The monoisotopic (exact) mass is 316 g/mol. The molecule has 0 saturated carbocycles. The molecule has 124 valence electrons. The third kappa shape index (κ3) is 3.47. The van der Waals surface area contributed by atoms with Crippen LogP contribution in [0.1, 0.15) is 53.4 Å². The SMILES string of the molecule is CCc1[nH]ncc1C(=O)NCC(c1ccc(C)o1)N1CCCC1. The summed E-state index contributed by atoms with van der Waals surface area (Å²) in [4.78, 5) is 14.8. The second kappa shape index (κ2) is 7.00. The maximum atomic E-state index is 12.4. The standard InChI is InChI=1S/C17H24N4O2/c1-3-14-13(10-19-20-14)17(22)18-11-15(21-8-4-5-9-21)16-7-6-12(2)23-16/h6-7,10,15H,3-5,8-9,11H2,1-2H3,(H,18,22)(H,19,20). The highest BCUT2D eigenvalue weighted by Crippen LogP contribution is 2.26. The predicted octanol–water partition coefficient (Wildman–Crippen LogP) is 2.44. The molecule has 2 N–H and O–H groups in total.